The van der Waals surface area contributed by atoms with Crippen LogP contribution in [-0.2, 0) is 4.79 Å². The number of carboxylic acid groups (broad SMARTS) is 1. The Hall–Kier alpha value is -2.89. The third-order valence-corrected chi connectivity index (χ3v) is 7.11. The smallest absolute Gasteiger partial charge is 0.303 e. The van der Waals surface area contributed by atoms with E-state index in [1.165, 1.54) is 30.6 Å². The van der Waals surface area contributed by atoms with E-state index in [1.807, 2.05) is 30.3 Å². The van der Waals surface area contributed by atoms with Gasteiger partial charge in [-0.1, -0.05) is 83.3 Å². The highest BCUT2D eigenvalue weighted by Gasteiger charge is 2.32. The fourth-order valence-electron chi connectivity index (χ4n) is 5.06. The van der Waals surface area contributed by atoms with Gasteiger partial charge in [-0.15, -0.1) is 0 Å². The number of unbranched alkanes of at least 4 members (excludes halogenated alkanes) is 11. The quantitative estimate of drug-likeness (QED) is 0.166. The molecule has 1 heterocycles. The van der Waals surface area contributed by atoms with Crippen molar-refractivity contribution in [2.45, 2.75) is 96.8 Å². The zero-order valence-electron chi connectivity index (χ0n) is 21.8. The summed E-state index contributed by atoms with van der Waals surface area (Å²) in [4.78, 5) is 38.4. The summed E-state index contributed by atoms with van der Waals surface area (Å²) in [5.41, 5.74) is 2.23. The third kappa shape index (κ3) is 7.55. The number of hydrogen-bond acceptors (Lipinski definition) is 4. The van der Waals surface area contributed by atoms with Gasteiger partial charge < -0.3 is 10.4 Å². The lowest BCUT2D eigenvalue weighted by atomic mass is 9.92. The molecule has 0 aromatic heterocycles. The molecule has 2 amide bonds. The topological polar surface area (TPSA) is 86.7 Å². The van der Waals surface area contributed by atoms with Gasteiger partial charge >= 0.3 is 5.97 Å². The Labute approximate surface area is 215 Å². The molecule has 1 aliphatic heterocycles. The van der Waals surface area contributed by atoms with Crippen LogP contribution < -0.4 is 5.32 Å². The number of anilines is 1. The Bertz CT molecular complexity index is 1010. The van der Waals surface area contributed by atoms with Crippen molar-refractivity contribution in [3.8, 4) is 0 Å². The highest BCUT2D eigenvalue weighted by atomic mass is 16.4. The first-order valence-electron chi connectivity index (χ1n) is 13.9. The van der Waals surface area contributed by atoms with Crippen LogP contribution in [0, 0.1) is 0 Å². The lowest BCUT2D eigenvalue weighted by Gasteiger charge is -2.28. The molecule has 0 saturated carbocycles. The van der Waals surface area contributed by atoms with Gasteiger partial charge in [-0.2, -0.15) is 0 Å². The lowest BCUT2D eigenvalue weighted by Crippen LogP contribution is -2.40. The number of rotatable bonds is 18. The van der Waals surface area contributed by atoms with E-state index < -0.39 is 5.97 Å². The highest BCUT2D eigenvalue weighted by Crippen LogP contribution is 2.34. The monoisotopic (exact) mass is 494 g/mol. The van der Waals surface area contributed by atoms with Crippen LogP contribution in [0.3, 0.4) is 0 Å². The van der Waals surface area contributed by atoms with E-state index in [0.717, 1.165) is 80.8 Å². The minimum atomic E-state index is -0.721. The largest absolute Gasteiger partial charge is 0.481 e. The molecule has 6 heteroatoms. The Morgan fingerprint density at radius 3 is 2.08 bits per heavy atom. The minimum absolute atomic E-state index is 0.187. The summed E-state index contributed by atoms with van der Waals surface area (Å²) < 4.78 is 0. The molecule has 0 radical (unpaired) electrons. The molecule has 6 nitrogen and oxygen atoms in total. The van der Waals surface area contributed by atoms with Crippen molar-refractivity contribution in [2.75, 3.05) is 18.4 Å². The fraction of sp³-hybridized carbons (Fsp3) is 0.567. The fourth-order valence-corrected chi connectivity index (χ4v) is 5.06. The molecular weight excluding hydrogens is 452 g/mol. The van der Waals surface area contributed by atoms with Crippen LogP contribution in [0.1, 0.15) is 118 Å². The Morgan fingerprint density at radius 1 is 0.778 bits per heavy atom. The molecule has 0 saturated heterocycles. The number of carbonyl (C=O) groups excluding carboxylic acids is 2. The van der Waals surface area contributed by atoms with Crippen molar-refractivity contribution in [3.63, 3.8) is 0 Å². The molecule has 3 rings (SSSR count). The second kappa shape index (κ2) is 14.6. The van der Waals surface area contributed by atoms with Crippen LogP contribution in [0.5, 0.6) is 0 Å². The molecule has 2 aromatic rings. The number of benzene rings is 2. The first-order chi connectivity index (χ1) is 17.5. The van der Waals surface area contributed by atoms with Gasteiger partial charge in [0.2, 0.25) is 0 Å². The molecule has 0 aliphatic carbocycles. The summed E-state index contributed by atoms with van der Waals surface area (Å²) in [6, 6.07) is 9.61. The van der Waals surface area contributed by atoms with Crippen LogP contribution in [0.25, 0.3) is 10.8 Å². The van der Waals surface area contributed by atoms with Crippen molar-refractivity contribution in [2.24, 2.45) is 0 Å². The molecule has 0 atom stereocenters. The van der Waals surface area contributed by atoms with E-state index in [4.69, 9.17) is 5.11 Å². The van der Waals surface area contributed by atoms with Gasteiger partial charge in [0.05, 0.1) is 0 Å². The van der Waals surface area contributed by atoms with Gasteiger partial charge in [-0.05, 0) is 37.5 Å². The minimum Gasteiger partial charge on any atom is -0.481 e. The van der Waals surface area contributed by atoms with E-state index in [2.05, 4.69) is 12.2 Å². The van der Waals surface area contributed by atoms with Gasteiger partial charge in [0, 0.05) is 47.1 Å². The number of aliphatic carboxylic acids is 1. The summed E-state index contributed by atoms with van der Waals surface area (Å²) >= 11 is 0. The van der Waals surface area contributed by atoms with Crippen LogP contribution in [-0.4, -0.2) is 40.9 Å². The summed E-state index contributed by atoms with van der Waals surface area (Å²) in [6.45, 7) is 3.55. The summed E-state index contributed by atoms with van der Waals surface area (Å²) in [5.74, 6) is -1.09. The van der Waals surface area contributed by atoms with Gasteiger partial charge in [0.15, 0.2) is 0 Å². The Balaban J connectivity index is 1.50. The van der Waals surface area contributed by atoms with Gasteiger partial charge in [0.1, 0.15) is 0 Å². The number of carbonyl (C=O) groups is 3. The maximum Gasteiger partial charge on any atom is 0.303 e. The van der Waals surface area contributed by atoms with Gasteiger partial charge in [-0.25, -0.2) is 0 Å². The van der Waals surface area contributed by atoms with E-state index in [-0.39, 0.29) is 18.2 Å². The average Bonchev–Trinajstić information content (AvgIpc) is 2.87. The van der Waals surface area contributed by atoms with E-state index >= 15 is 0 Å². The first kappa shape index (κ1) is 27.7. The highest BCUT2D eigenvalue weighted by molar-refractivity contribution is 6.26. The van der Waals surface area contributed by atoms with Crippen LogP contribution >= 0.6 is 0 Å². The Morgan fingerprint density at radius 2 is 1.39 bits per heavy atom. The van der Waals surface area contributed by atoms with E-state index in [0.29, 0.717) is 17.7 Å². The SMILES string of the molecule is CCCCCCCNc1ccc2c3c(cccc13)C(=O)N(CCCCCCCCCCC(=O)O)C2=O. The van der Waals surface area contributed by atoms with Crippen molar-refractivity contribution >= 4 is 34.2 Å². The van der Waals surface area contributed by atoms with Gasteiger partial charge in [-0.3, -0.25) is 19.3 Å². The maximum absolute atomic E-state index is 13.2. The molecular formula is C30H42N2O4. The Kier molecular flexibility index (Phi) is 11.2. The number of nitrogens with zero attached hydrogens (tertiary/aromatic N) is 1. The number of amides is 2. The average molecular weight is 495 g/mol. The molecule has 0 spiro atoms. The summed E-state index contributed by atoms with van der Waals surface area (Å²) in [7, 11) is 0. The molecule has 0 unspecified atom stereocenters. The van der Waals surface area contributed by atoms with Gasteiger partial charge in [0.25, 0.3) is 11.8 Å². The zero-order chi connectivity index (χ0) is 25.8. The number of imide groups is 1. The van der Waals surface area contributed by atoms with Crippen LogP contribution in [0.4, 0.5) is 5.69 Å². The number of carboxylic acids is 1. The number of nitrogens with one attached hydrogen (secondary N) is 1. The predicted molar refractivity (Wildman–Crippen MR) is 146 cm³/mol. The molecule has 0 fully saturated rings. The van der Waals surface area contributed by atoms with Crippen LogP contribution in [0.15, 0.2) is 30.3 Å². The first-order valence-corrected chi connectivity index (χ1v) is 13.9. The molecule has 0 bridgehead atoms. The van der Waals surface area contributed by atoms with E-state index in [9.17, 15) is 14.4 Å². The summed E-state index contributed by atoms with van der Waals surface area (Å²) in [5, 5.41) is 13.9. The lowest BCUT2D eigenvalue weighted by molar-refractivity contribution is -0.137. The third-order valence-electron chi connectivity index (χ3n) is 7.11. The molecule has 2 N–H and O–H groups in total. The molecule has 196 valence electrons. The van der Waals surface area contributed by atoms with Crippen molar-refractivity contribution in [1.29, 1.82) is 0 Å². The summed E-state index contributed by atoms with van der Waals surface area (Å²) in [6.07, 6.45) is 14.2. The standard InChI is InChI=1S/C30H42N2O4/c1-2-3-4-10-13-21-31-26-20-19-25-28-23(26)16-15-17-24(28)29(35)32(30(25)36)22-14-11-8-6-5-7-9-12-18-27(33)34/h15-17,19-20,31H,2-14,18,21-22H2,1H3,(H,33,34). The molecule has 36 heavy (non-hydrogen) atoms. The number of hydrogen-bond donors (Lipinski definition) is 2. The van der Waals surface area contributed by atoms with Crippen molar-refractivity contribution < 1.29 is 19.5 Å². The van der Waals surface area contributed by atoms with Crippen molar-refractivity contribution in [1.82, 2.24) is 4.90 Å². The second-order valence-electron chi connectivity index (χ2n) is 9.96. The van der Waals surface area contributed by atoms with Crippen molar-refractivity contribution in [3.05, 3.63) is 41.5 Å². The predicted octanol–water partition coefficient (Wildman–Crippen LogP) is 7.41. The van der Waals surface area contributed by atoms with E-state index in [1.54, 1.807) is 0 Å². The molecule has 1 aliphatic rings. The van der Waals surface area contributed by atoms with Crippen LogP contribution in [0.2, 0.25) is 0 Å². The maximum atomic E-state index is 13.2. The normalized spacial score (nSPS) is 13.0. The molecule has 2 aromatic carbocycles. The zero-order valence-corrected chi connectivity index (χ0v) is 21.8. The second-order valence-corrected chi connectivity index (χ2v) is 9.96.